The van der Waals surface area contributed by atoms with E-state index in [-0.39, 0.29) is 0 Å². The van der Waals surface area contributed by atoms with Crippen LogP contribution >= 0.6 is 0 Å². The van der Waals surface area contributed by atoms with Crippen molar-refractivity contribution in [3.05, 3.63) is 42.8 Å². The molecule has 0 aliphatic rings. The lowest BCUT2D eigenvalue weighted by Crippen LogP contribution is -2.19. The quantitative estimate of drug-likeness (QED) is 0.724. The number of aryl methyl sites for hydroxylation is 1. The third kappa shape index (κ3) is 3.54. The van der Waals surface area contributed by atoms with Crippen molar-refractivity contribution in [1.29, 1.82) is 0 Å². The van der Waals surface area contributed by atoms with Crippen LogP contribution < -0.4 is 0 Å². The summed E-state index contributed by atoms with van der Waals surface area (Å²) in [4.78, 5) is 0. The number of hydrogen-bond acceptors (Lipinski definition) is 1. The number of rotatable bonds is 3. The van der Waals surface area contributed by atoms with Crippen molar-refractivity contribution < 1.29 is 5.11 Å². The molecular weight excluding hydrogens is 148 g/mol. The van der Waals surface area contributed by atoms with E-state index in [4.69, 9.17) is 0 Å². The molecule has 1 rings (SSSR count). The molecule has 1 atom stereocenters. The van der Waals surface area contributed by atoms with Crippen molar-refractivity contribution in [3.8, 4) is 0 Å². The van der Waals surface area contributed by atoms with Gasteiger partial charge in [0, 0.05) is 0 Å². The minimum absolute atomic E-state index is 0.705. The summed E-state index contributed by atoms with van der Waals surface area (Å²) in [5, 5.41) is 9.37. The van der Waals surface area contributed by atoms with E-state index in [0.29, 0.717) is 6.42 Å². The molecule has 0 aliphatic carbocycles. The first-order valence-corrected chi connectivity index (χ1v) is 4.19. The van der Waals surface area contributed by atoms with Crippen LogP contribution in [0.1, 0.15) is 18.9 Å². The number of benzene rings is 1. The Morgan fingerprint density at radius 3 is 2.42 bits per heavy atom. The van der Waals surface area contributed by atoms with E-state index in [0.717, 1.165) is 6.42 Å². The van der Waals surface area contributed by atoms with Crippen LogP contribution in [0.15, 0.2) is 30.3 Å². The van der Waals surface area contributed by atoms with Crippen LogP contribution in [-0.2, 0) is 6.42 Å². The van der Waals surface area contributed by atoms with Gasteiger partial charge in [0.25, 0.3) is 0 Å². The van der Waals surface area contributed by atoms with Crippen LogP contribution in [0, 0.1) is 6.92 Å². The highest BCUT2D eigenvalue weighted by Crippen LogP contribution is 2.11. The zero-order valence-electron chi connectivity index (χ0n) is 7.46. The molecule has 0 spiro atoms. The first-order valence-electron chi connectivity index (χ1n) is 4.19. The molecule has 0 saturated heterocycles. The van der Waals surface area contributed by atoms with Crippen molar-refractivity contribution in [2.45, 2.75) is 25.4 Å². The van der Waals surface area contributed by atoms with Gasteiger partial charge < -0.3 is 5.11 Å². The fourth-order valence-corrected chi connectivity index (χ4v) is 1.06. The van der Waals surface area contributed by atoms with E-state index in [2.05, 4.69) is 19.1 Å². The lowest BCUT2D eigenvalue weighted by Gasteiger charge is -2.16. The summed E-state index contributed by atoms with van der Waals surface area (Å²) in [6, 6.07) is 10.1. The molecule has 0 saturated carbocycles. The maximum absolute atomic E-state index is 9.37. The number of hydrogen-bond donors (Lipinski definition) is 1. The average Bonchev–Trinajstić information content (AvgIpc) is 2.02. The second-order valence-corrected chi connectivity index (χ2v) is 3.48. The fourth-order valence-electron chi connectivity index (χ4n) is 1.06. The van der Waals surface area contributed by atoms with Gasteiger partial charge in [-0.1, -0.05) is 30.3 Å². The summed E-state index contributed by atoms with van der Waals surface area (Å²) in [5.41, 5.74) is 0.456. The summed E-state index contributed by atoms with van der Waals surface area (Å²) in [6.07, 6.45) is 1.59. The monoisotopic (exact) mass is 163 g/mol. The molecule has 1 N–H and O–H groups in total. The Morgan fingerprint density at radius 2 is 1.92 bits per heavy atom. The molecule has 0 aliphatic heterocycles. The average molecular weight is 163 g/mol. The third-order valence-electron chi connectivity index (χ3n) is 1.80. The molecule has 65 valence electrons. The molecule has 0 amide bonds. The topological polar surface area (TPSA) is 20.2 Å². The number of aliphatic hydroxyl groups is 1. The second kappa shape index (κ2) is 3.72. The molecule has 0 bridgehead atoms. The Hall–Kier alpha value is -0.820. The molecular formula is C11H15O. The van der Waals surface area contributed by atoms with Gasteiger partial charge in [-0.2, -0.15) is 0 Å². The molecule has 1 aromatic carbocycles. The van der Waals surface area contributed by atoms with Gasteiger partial charge >= 0.3 is 0 Å². The maximum atomic E-state index is 9.37. The van der Waals surface area contributed by atoms with E-state index >= 15 is 0 Å². The van der Waals surface area contributed by atoms with Crippen LogP contribution in [0.25, 0.3) is 0 Å². The van der Waals surface area contributed by atoms with Gasteiger partial charge in [-0.05, 0) is 32.3 Å². The molecule has 1 heteroatoms. The maximum Gasteiger partial charge on any atom is 0.0624 e. The Labute approximate surface area is 74.1 Å². The standard InChI is InChI=1S/C11H15O/c1-11(2,12)9-8-10-6-4-3-5-7-10/h3-7,12H,1,8-9H2,2H3. The minimum Gasteiger partial charge on any atom is -0.390 e. The van der Waals surface area contributed by atoms with Crippen LogP contribution in [0.5, 0.6) is 0 Å². The summed E-state index contributed by atoms with van der Waals surface area (Å²) < 4.78 is 0. The van der Waals surface area contributed by atoms with Gasteiger partial charge in [-0.3, -0.25) is 0 Å². The molecule has 12 heavy (non-hydrogen) atoms. The predicted molar refractivity (Wildman–Crippen MR) is 50.7 cm³/mol. The van der Waals surface area contributed by atoms with Crippen LogP contribution in [0.2, 0.25) is 0 Å². The highest BCUT2D eigenvalue weighted by Gasteiger charge is 2.11. The van der Waals surface area contributed by atoms with Gasteiger partial charge in [-0.25, -0.2) is 0 Å². The van der Waals surface area contributed by atoms with Crippen molar-refractivity contribution in [2.75, 3.05) is 0 Å². The summed E-state index contributed by atoms with van der Waals surface area (Å²) in [6.45, 7) is 5.37. The van der Waals surface area contributed by atoms with E-state index in [1.165, 1.54) is 5.56 Å². The van der Waals surface area contributed by atoms with Crippen LogP contribution in [-0.4, -0.2) is 10.7 Å². The fraction of sp³-hybridized carbons (Fsp3) is 0.364. The normalized spacial score (nSPS) is 11.6. The molecule has 0 fully saturated rings. The molecule has 1 aromatic rings. The van der Waals surface area contributed by atoms with E-state index < -0.39 is 5.60 Å². The smallest absolute Gasteiger partial charge is 0.0624 e. The highest BCUT2D eigenvalue weighted by molar-refractivity contribution is 5.15. The van der Waals surface area contributed by atoms with Gasteiger partial charge in [-0.15, -0.1) is 0 Å². The molecule has 0 heterocycles. The Bertz CT molecular complexity index is 221. The lowest BCUT2D eigenvalue weighted by atomic mass is 9.99. The second-order valence-electron chi connectivity index (χ2n) is 3.48. The zero-order valence-corrected chi connectivity index (χ0v) is 7.46. The minimum atomic E-state index is -0.796. The molecule has 1 nitrogen and oxygen atoms in total. The van der Waals surface area contributed by atoms with Gasteiger partial charge in [0.2, 0.25) is 0 Å². The Balaban J connectivity index is 2.44. The summed E-state index contributed by atoms with van der Waals surface area (Å²) in [7, 11) is 0. The third-order valence-corrected chi connectivity index (χ3v) is 1.80. The lowest BCUT2D eigenvalue weighted by molar-refractivity contribution is 0.0992. The van der Waals surface area contributed by atoms with Crippen molar-refractivity contribution >= 4 is 0 Å². The van der Waals surface area contributed by atoms with E-state index in [1.807, 2.05) is 18.2 Å². The van der Waals surface area contributed by atoms with Gasteiger partial charge in [0.15, 0.2) is 0 Å². The Morgan fingerprint density at radius 1 is 1.33 bits per heavy atom. The van der Waals surface area contributed by atoms with Gasteiger partial charge in [0.05, 0.1) is 5.60 Å². The largest absolute Gasteiger partial charge is 0.390 e. The van der Waals surface area contributed by atoms with Crippen LogP contribution in [0.4, 0.5) is 0 Å². The molecule has 0 aromatic heterocycles. The van der Waals surface area contributed by atoms with Crippen molar-refractivity contribution in [2.24, 2.45) is 0 Å². The summed E-state index contributed by atoms with van der Waals surface area (Å²) in [5.74, 6) is 0. The van der Waals surface area contributed by atoms with Crippen molar-refractivity contribution in [3.63, 3.8) is 0 Å². The van der Waals surface area contributed by atoms with Crippen LogP contribution in [0.3, 0.4) is 0 Å². The summed E-state index contributed by atoms with van der Waals surface area (Å²) >= 11 is 0. The van der Waals surface area contributed by atoms with E-state index in [9.17, 15) is 5.11 Å². The predicted octanol–water partition coefficient (Wildman–Crippen LogP) is 2.20. The highest BCUT2D eigenvalue weighted by atomic mass is 16.3. The zero-order chi connectivity index (χ0) is 9.03. The molecule has 1 radical (unpaired) electrons. The first kappa shape index (κ1) is 9.27. The van der Waals surface area contributed by atoms with Gasteiger partial charge in [0.1, 0.15) is 0 Å². The Kier molecular flexibility index (Phi) is 2.88. The first-order chi connectivity index (χ1) is 5.58. The molecule has 1 unspecified atom stereocenters. The SMILES string of the molecule is [CH2]C(C)(O)CCc1ccccc1. The van der Waals surface area contributed by atoms with Crippen molar-refractivity contribution in [1.82, 2.24) is 0 Å². The van der Waals surface area contributed by atoms with E-state index in [1.54, 1.807) is 6.92 Å².